The van der Waals surface area contributed by atoms with Crippen molar-refractivity contribution in [3.63, 3.8) is 0 Å². The third kappa shape index (κ3) is 7.09. The molecule has 0 spiro atoms. The van der Waals surface area contributed by atoms with Gasteiger partial charge in [-0.1, -0.05) is 31.2 Å². The van der Waals surface area contributed by atoms with Crippen LogP contribution < -0.4 is 16.0 Å². The maximum atomic E-state index is 13.7. The van der Waals surface area contributed by atoms with Crippen molar-refractivity contribution >= 4 is 17.3 Å². The number of carbonyl (C=O) groups is 1. The zero-order valence-electron chi connectivity index (χ0n) is 25.1. The molecular formula is C33H49N5O. The SMILES string of the molecule is CC1=NC(C)CC(C)C1CNC(=O)c1cc(-c2ccc(CN(C)C)cc2)cc(N(C)[C@H]2CC[C@H](N)CC2)c1C. The molecule has 3 atom stereocenters. The molecule has 2 aromatic rings. The lowest BCUT2D eigenvalue weighted by atomic mass is 9.82. The van der Waals surface area contributed by atoms with Crippen LogP contribution in [0.1, 0.15) is 74.4 Å². The number of benzene rings is 2. The van der Waals surface area contributed by atoms with Gasteiger partial charge in [0, 0.05) is 61.1 Å². The van der Waals surface area contributed by atoms with Crippen molar-refractivity contribution in [2.24, 2.45) is 22.6 Å². The molecule has 3 N–H and O–H groups in total. The normalized spacial score (nSPS) is 25.4. The number of aliphatic imine (C=N–C) groups is 1. The van der Waals surface area contributed by atoms with E-state index in [0.717, 1.165) is 72.3 Å². The Morgan fingerprint density at radius 3 is 2.28 bits per heavy atom. The van der Waals surface area contributed by atoms with Gasteiger partial charge in [0.1, 0.15) is 0 Å². The van der Waals surface area contributed by atoms with Crippen molar-refractivity contribution in [1.82, 2.24) is 10.2 Å². The lowest BCUT2D eigenvalue weighted by Crippen LogP contribution is -2.40. The summed E-state index contributed by atoms with van der Waals surface area (Å²) in [6.07, 6.45) is 5.33. The second-order valence-electron chi connectivity index (χ2n) is 12.4. The van der Waals surface area contributed by atoms with Crippen molar-refractivity contribution in [1.29, 1.82) is 0 Å². The van der Waals surface area contributed by atoms with Gasteiger partial charge in [-0.25, -0.2) is 0 Å². The number of hydrogen-bond acceptors (Lipinski definition) is 5. The van der Waals surface area contributed by atoms with Gasteiger partial charge in [-0.3, -0.25) is 9.79 Å². The summed E-state index contributed by atoms with van der Waals surface area (Å²) in [4.78, 5) is 23.1. The second-order valence-corrected chi connectivity index (χ2v) is 12.4. The fourth-order valence-electron chi connectivity index (χ4n) is 6.58. The Morgan fingerprint density at radius 2 is 1.67 bits per heavy atom. The molecule has 1 saturated carbocycles. The minimum absolute atomic E-state index is 0.00230. The first-order valence-corrected chi connectivity index (χ1v) is 14.7. The van der Waals surface area contributed by atoms with E-state index in [4.69, 9.17) is 10.7 Å². The number of amides is 1. The van der Waals surface area contributed by atoms with Crippen molar-refractivity contribution < 1.29 is 4.79 Å². The van der Waals surface area contributed by atoms with Crippen LogP contribution in [0.25, 0.3) is 11.1 Å². The molecule has 0 saturated heterocycles. The van der Waals surface area contributed by atoms with Crippen LogP contribution in [-0.4, -0.2) is 62.3 Å². The van der Waals surface area contributed by atoms with Gasteiger partial charge < -0.3 is 20.9 Å². The second kappa shape index (κ2) is 12.6. The van der Waals surface area contributed by atoms with Crippen LogP contribution in [0.2, 0.25) is 0 Å². The van der Waals surface area contributed by atoms with Gasteiger partial charge >= 0.3 is 0 Å². The number of hydrogen-bond donors (Lipinski definition) is 2. The minimum Gasteiger partial charge on any atom is -0.371 e. The number of carbonyl (C=O) groups excluding carboxylic acids is 1. The number of rotatable bonds is 8. The summed E-state index contributed by atoms with van der Waals surface area (Å²) in [5.41, 5.74) is 13.8. The maximum absolute atomic E-state index is 13.7. The largest absolute Gasteiger partial charge is 0.371 e. The topological polar surface area (TPSA) is 74.0 Å². The van der Waals surface area contributed by atoms with Crippen LogP contribution in [0.4, 0.5) is 5.69 Å². The highest BCUT2D eigenvalue weighted by molar-refractivity contribution is 5.99. The molecule has 212 valence electrons. The molecule has 1 aliphatic carbocycles. The summed E-state index contributed by atoms with van der Waals surface area (Å²) in [5, 5.41) is 3.29. The summed E-state index contributed by atoms with van der Waals surface area (Å²) in [7, 11) is 6.35. The summed E-state index contributed by atoms with van der Waals surface area (Å²) < 4.78 is 0. The van der Waals surface area contributed by atoms with Crippen molar-refractivity contribution in [3.8, 4) is 11.1 Å². The molecule has 1 amide bonds. The van der Waals surface area contributed by atoms with Gasteiger partial charge in [-0.05, 0) is 107 Å². The monoisotopic (exact) mass is 531 g/mol. The van der Waals surface area contributed by atoms with E-state index in [9.17, 15) is 4.79 Å². The van der Waals surface area contributed by atoms with E-state index >= 15 is 0 Å². The quantitative estimate of drug-likeness (QED) is 0.461. The van der Waals surface area contributed by atoms with E-state index < -0.39 is 0 Å². The predicted octanol–water partition coefficient (Wildman–Crippen LogP) is 5.66. The van der Waals surface area contributed by atoms with Crippen LogP contribution in [0.3, 0.4) is 0 Å². The molecule has 4 rings (SSSR count). The number of nitrogens with two attached hydrogens (primary N) is 1. The van der Waals surface area contributed by atoms with Crippen molar-refractivity contribution in [3.05, 3.63) is 53.1 Å². The average molecular weight is 532 g/mol. The van der Waals surface area contributed by atoms with Crippen LogP contribution in [0, 0.1) is 18.8 Å². The van der Waals surface area contributed by atoms with E-state index in [2.05, 4.69) is 100 Å². The zero-order chi connectivity index (χ0) is 28.3. The van der Waals surface area contributed by atoms with Gasteiger partial charge in [0.25, 0.3) is 5.91 Å². The van der Waals surface area contributed by atoms with E-state index in [1.165, 1.54) is 5.56 Å². The van der Waals surface area contributed by atoms with Gasteiger partial charge in [0.15, 0.2) is 0 Å². The van der Waals surface area contributed by atoms with Crippen molar-refractivity contribution in [2.45, 2.75) is 84.5 Å². The van der Waals surface area contributed by atoms with Gasteiger partial charge in [-0.15, -0.1) is 0 Å². The maximum Gasteiger partial charge on any atom is 0.251 e. The van der Waals surface area contributed by atoms with E-state index in [0.29, 0.717) is 30.6 Å². The first kappa shape index (κ1) is 29.3. The smallest absolute Gasteiger partial charge is 0.251 e. The predicted molar refractivity (Wildman–Crippen MR) is 165 cm³/mol. The lowest BCUT2D eigenvalue weighted by molar-refractivity contribution is 0.0946. The molecule has 39 heavy (non-hydrogen) atoms. The molecule has 6 heteroatoms. The van der Waals surface area contributed by atoms with E-state index in [1.54, 1.807) is 0 Å². The minimum atomic E-state index is -0.00230. The van der Waals surface area contributed by atoms with Crippen molar-refractivity contribution in [2.75, 3.05) is 32.6 Å². The van der Waals surface area contributed by atoms with Crippen LogP contribution in [-0.2, 0) is 6.54 Å². The van der Waals surface area contributed by atoms with Crippen LogP contribution >= 0.6 is 0 Å². The Hall–Kier alpha value is -2.70. The highest BCUT2D eigenvalue weighted by atomic mass is 16.1. The van der Waals surface area contributed by atoms with E-state index in [1.807, 2.05) is 0 Å². The Bertz CT molecular complexity index is 1160. The molecule has 1 heterocycles. The first-order valence-electron chi connectivity index (χ1n) is 14.7. The highest BCUT2D eigenvalue weighted by Gasteiger charge is 2.28. The first-order chi connectivity index (χ1) is 18.5. The molecule has 3 unspecified atom stereocenters. The van der Waals surface area contributed by atoms with Crippen LogP contribution in [0.15, 0.2) is 41.4 Å². The summed E-state index contributed by atoms with van der Waals surface area (Å²) in [6, 6.07) is 14.2. The van der Waals surface area contributed by atoms with Crippen LogP contribution in [0.5, 0.6) is 0 Å². The van der Waals surface area contributed by atoms with E-state index in [-0.39, 0.29) is 11.8 Å². The number of anilines is 1. The number of nitrogens with one attached hydrogen (secondary N) is 1. The molecule has 2 aromatic carbocycles. The van der Waals surface area contributed by atoms with Gasteiger partial charge in [0.2, 0.25) is 0 Å². The molecule has 0 bridgehead atoms. The lowest BCUT2D eigenvalue weighted by Gasteiger charge is -2.36. The molecule has 2 aliphatic rings. The third-order valence-electron chi connectivity index (χ3n) is 8.92. The van der Waals surface area contributed by atoms with Gasteiger partial charge in [-0.2, -0.15) is 0 Å². The van der Waals surface area contributed by atoms with Gasteiger partial charge in [0.05, 0.1) is 0 Å². The standard InChI is InChI=1S/C33H49N5O/c1-21-16-22(2)36-24(4)31(21)19-35-33(39)30-17-27(26-10-8-25(9-11-26)20-37(5)6)18-32(23(30)3)38(7)29-14-12-28(34)13-15-29/h8-11,17-18,21-22,28-29,31H,12-16,19-20,34H2,1-7H3,(H,35,39)/t21?,22?,28-,29-,31?. The molecule has 0 radical (unpaired) electrons. The number of nitrogens with zero attached hydrogens (tertiary/aromatic N) is 3. The molecule has 6 nitrogen and oxygen atoms in total. The fraction of sp³-hybridized carbons (Fsp3) is 0.576. The Kier molecular flexibility index (Phi) is 9.50. The molecule has 0 aromatic heterocycles. The Balaban J connectivity index is 1.65. The zero-order valence-corrected chi connectivity index (χ0v) is 25.1. The molecular weight excluding hydrogens is 482 g/mol. The average Bonchev–Trinajstić information content (AvgIpc) is 2.88. The summed E-state index contributed by atoms with van der Waals surface area (Å²) >= 11 is 0. The fourth-order valence-corrected chi connectivity index (χ4v) is 6.58. The Morgan fingerprint density at radius 1 is 1.00 bits per heavy atom. The summed E-state index contributed by atoms with van der Waals surface area (Å²) in [5.74, 6) is 0.786. The highest BCUT2D eigenvalue weighted by Crippen LogP contribution is 2.34. The molecule has 1 fully saturated rings. The summed E-state index contributed by atoms with van der Waals surface area (Å²) in [6.45, 7) is 10.2. The Labute approximate surface area is 236 Å². The molecule has 1 aliphatic heterocycles. The third-order valence-corrected chi connectivity index (χ3v) is 8.92.